The van der Waals surface area contributed by atoms with Gasteiger partial charge in [-0.1, -0.05) is 6.07 Å². The van der Waals surface area contributed by atoms with Crippen LogP contribution in [0.5, 0.6) is 0 Å². The van der Waals surface area contributed by atoms with Crippen LogP contribution in [0, 0.1) is 5.92 Å². The lowest BCUT2D eigenvalue weighted by Crippen LogP contribution is -2.47. The molecule has 1 aliphatic heterocycles. The van der Waals surface area contributed by atoms with E-state index < -0.39 is 0 Å². The van der Waals surface area contributed by atoms with Gasteiger partial charge in [0.05, 0.1) is 0 Å². The summed E-state index contributed by atoms with van der Waals surface area (Å²) >= 11 is 0. The average Bonchev–Trinajstić information content (AvgIpc) is 3.33. The van der Waals surface area contributed by atoms with Gasteiger partial charge in [0.2, 0.25) is 0 Å². The van der Waals surface area contributed by atoms with E-state index in [9.17, 15) is 5.11 Å². The molecule has 1 unspecified atom stereocenters. The van der Waals surface area contributed by atoms with Crippen LogP contribution in [0.2, 0.25) is 0 Å². The highest BCUT2D eigenvalue weighted by Crippen LogP contribution is 2.34. The van der Waals surface area contributed by atoms with Crippen LogP contribution in [0.1, 0.15) is 32.1 Å². The van der Waals surface area contributed by atoms with Gasteiger partial charge in [0.15, 0.2) is 0 Å². The maximum Gasteiger partial charge on any atom is 0.128 e. The van der Waals surface area contributed by atoms with Gasteiger partial charge in [-0.3, -0.25) is 0 Å². The molecule has 3 rings (SSSR count). The largest absolute Gasteiger partial charge is 0.396 e. The lowest BCUT2D eigenvalue weighted by atomic mass is 10.0. The summed E-state index contributed by atoms with van der Waals surface area (Å²) in [6.07, 6.45) is 7.79. The molecule has 2 N–H and O–H groups in total. The van der Waals surface area contributed by atoms with E-state index in [4.69, 9.17) is 0 Å². The molecule has 1 aromatic heterocycles. The van der Waals surface area contributed by atoms with Gasteiger partial charge in [0, 0.05) is 38.0 Å². The molecule has 1 saturated carbocycles. The predicted molar refractivity (Wildman–Crippen MR) is 80.8 cm³/mol. The van der Waals surface area contributed by atoms with Gasteiger partial charge >= 0.3 is 0 Å². The zero-order chi connectivity index (χ0) is 13.8. The Hall–Kier alpha value is -1.13. The standard InChI is InChI=1S/C16H25N3O/c20-12-8-15(13-4-5-13)18-14-6-10-19(11-7-14)16-3-1-2-9-17-16/h1-3,9,13-15,18,20H,4-8,10-12H2. The first-order valence-electron chi connectivity index (χ1n) is 7.89. The van der Waals surface area contributed by atoms with E-state index in [-0.39, 0.29) is 0 Å². The summed E-state index contributed by atoms with van der Waals surface area (Å²) in [7, 11) is 0. The first-order chi connectivity index (χ1) is 9.86. The third-order valence-electron chi connectivity index (χ3n) is 4.55. The number of piperidine rings is 1. The van der Waals surface area contributed by atoms with Crippen molar-refractivity contribution in [3.63, 3.8) is 0 Å². The van der Waals surface area contributed by atoms with E-state index >= 15 is 0 Å². The summed E-state index contributed by atoms with van der Waals surface area (Å²) in [6.45, 7) is 2.46. The highest BCUT2D eigenvalue weighted by molar-refractivity contribution is 5.38. The first kappa shape index (κ1) is 13.8. The van der Waals surface area contributed by atoms with Gasteiger partial charge in [-0.2, -0.15) is 0 Å². The molecule has 1 aliphatic carbocycles. The second-order valence-electron chi connectivity index (χ2n) is 6.07. The van der Waals surface area contributed by atoms with Crippen molar-refractivity contribution in [2.45, 2.75) is 44.2 Å². The van der Waals surface area contributed by atoms with E-state index in [0.29, 0.717) is 18.7 Å². The van der Waals surface area contributed by atoms with Gasteiger partial charge in [-0.05, 0) is 50.2 Å². The molecule has 1 aromatic rings. The molecule has 0 amide bonds. The molecule has 0 spiro atoms. The molecule has 2 aliphatic rings. The minimum absolute atomic E-state index is 0.306. The molecule has 4 heteroatoms. The van der Waals surface area contributed by atoms with Crippen LogP contribution in [0.3, 0.4) is 0 Å². The number of rotatable bonds is 6. The first-order valence-corrected chi connectivity index (χ1v) is 7.89. The predicted octanol–water partition coefficient (Wildman–Crippen LogP) is 1.80. The SMILES string of the molecule is OCCC(NC1CCN(c2ccccn2)CC1)C1CC1. The molecule has 110 valence electrons. The third kappa shape index (κ3) is 3.49. The topological polar surface area (TPSA) is 48.4 Å². The molecule has 0 aromatic carbocycles. The Balaban J connectivity index is 1.48. The molecule has 1 saturated heterocycles. The average molecular weight is 275 g/mol. The fraction of sp³-hybridized carbons (Fsp3) is 0.688. The van der Waals surface area contributed by atoms with Crippen LogP contribution in [0.4, 0.5) is 5.82 Å². The van der Waals surface area contributed by atoms with Crippen molar-refractivity contribution >= 4 is 5.82 Å². The Morgan fingerprint density at radius 3 is 2.65 bits per heavy atom. The van der Waals surface area contributed by atoms with Crippen LogP contribution in [0.15, 0.2) is 24.4 Å². The van der Waals surface area contributed by atoms with Crippen molar-refractivity contribution < 1.29 is 5.11 Å². The highest BCUT2D eigenvalue weighted by atomic mass is 16.3. The molecule has 4 nitrogen and oxygen atoms in total. The van der Waals surface area contributed by atoms with Crippen molar-refractivity contribution in [2.24, 2.45) is 5.92 Å². The minimum Gasteiger partial charge on any atom is -0.396 e. The molecule has 0 radical (unpaired) electrons. The van der Waals surface area contributed by atoms with Crippen molar-refractivity contribution in [3.05, 3.63) is 24.4 Å². The van der Waals surface area contributed by atoms with E-state index in [1.807, 2.05) is 12.3 Å². The molecule has 2 fully saturated rings. The quantitative estimate of drug-likeness (QED) is 0.831. The van der Waals surface area contributed by atoms with E-state index in [1.54, 1.807) is 0 Å². The normalized spacial score (nSPS) is 21.9. The van der Waals surface area contributed by atoms with Crippen molar-refractivity contribution in [2.75, 3.05) is 24.6 Å². The van der Waals surface area contributed by atoms with Crippen LogP contribution in [-0.2, 0) is 0 Å². The van der Waals surface area contributed by atoms with Crippen LogP contribution in [-0.4, -0.2) is 41.9 Å². The van der Waals surface area contributed by atoms with Gasteiger partial charge in [-0.25, -0.2) is 4.98 Å². The fourth-order valence-electron chi connectivity index (χ4n) is 3.21. The minimum atomic E-state index is 0.306. The number of nitrogens with one attached hydrogen (secondary N) is 1. The number of hydrogen-bond donors (Lipinski definition) is 2. The van der Waals surface area contributed by atoms with Crippen molar-refractivity contribution in [1.82, 2.24) is 10.3 Å². The second kappa shape index (κ2) is 6.55. The summed E-state index contributed by atoms with van der Waals surface area (Å²) < 4.78 is 0. The Kier molecular flexibility index (Phi) is 4.53. The maximum atomic E-state index is 9.18. The maximum absolute atomic E-state index is 9.18. The Morgan fingerprint density at radius 2 is 2.05 bits per heavy atom. The van der Waals surface area contributed by atoms with Crippen LogP contribution in [0.25, 0.3) is 0 Å². The van der Waals surface area contributed by atoms with E-state index in [2.05, 4.69) is 27.3 Å². The number of hydrogen-bond acceptors (Lipinski definition) is 4. The Labute approximate surface area is 121 Å². The van der Waals surface area contributed by atoms with Gasteiger partial charge < -0.3 is 15.3 Å². The fourth-order valence-corrected chi connectivity index (χ4v) is 3.21. The van der Waals surface area contributed by atoms with Gasteiger partial charge in [-0.15, -0.1) is 0 Å². The monoisotopic (exact) mass is 275 g/mol. The van der Waals surface area contributed by atoms with E-state index in [0.717, 1.165) is 31.2 Å². The Bertz CT molecular complexity index is 399. The number of aromatic nitrogens is 1. The van der Waals surface area contributed by atoms with Gasteiger partial charge in [0.1, 0.15) is 5.82 Å². The zero-order valence-electron chi connectivity index (χ0n) is 12.0. The summed E-state index contributed by atoms with van der Waals surface area (Å²) in [5.74, 6) is 1.91. The van der Waals surface area contributed by atoms with Crippen LogP contribution < -0.4 is 10.2 Å². The van der Waals surface area contributed by atoms with Crippen LogP contribution >= 0.6 is 0 Å². The van der Waals surface area contributed by atoms with Gasteiger partial charge in [0.25, 0.3) is 0 Å². The third-order valence-corrected chi connectivity index (χ3v) is 4.55. The molecule has 0 bridgehead atoms. The summed E-state index contributed by atoms with van der Waals surface area (Å²) in [4.78, 5) is 6.80. The zero-order valence-corrected chi connectivity index (χ0v) is 12.0. The highest BCUT2D eigenvalue weighted by Gasteiger charge is 2.32. The summed E-state index contributed by atoms with van der Waals surface area (Å²) in [5.41, 5.74) is 0. The second-order valence-corrected chi connectivity index (χ2v) is 6.07. The number of aliphatic hydroxyl groups is 1. The number of aliphatic hydroxyl groups excluding tert-OH is 1. The number of pyridine rings is 1. The molecule has 2 heterocycles. The molecule has 1 atom stereocenters. The molecular weight excluding hydrogens is 250 g/mol. The van der Waals surface area contributed by atoms with E-state index in [1.165, 1.54) is 25.7 Å². The van der Waals surface area contributed by atoms with Crippen molar-refractivity contribution in [1.29, 1.82) is 0 Å². The van der Waals surface area contributed by atoms with Crippen molar-refractivity contribution in [3.8, 4) is 0 Å². The lowest BCUT2D eigenvalue weighted by molar-refractivity contribution is 0.241. The summed E-state index contributed by atoms with van der Waals surface area (Å²) in [5, 5.41) is 13.0. The Morgan fingerprint density at radius 1 is 1.25 bits per heavy atom. The smallest absolute Gasteiger partial charge is 0.128 e. The lowest BCUT2D eigenvalue weighted by Gasteiger charge is -2.35. The number of nitrogens with zero attached hydrogens (tertiary/aromatic N) is 2. The molecular formula is C16H25N3O. The summed E-state index contributed by atoms with van der Waals surface area (Å²) in [6, 6.07) is 7.25. The number of anilines is 1. The molecule has 20 heavy (non-hydrogen) atoms.